The Hall–Kier alpha value is -1.71. The van der Waals surface area contributed by atoms with Gasteiger partial charge in [-0.05, 0) is 44.9 Å². The molecule has 0 bridgehead atoms. The molecule has 0 amide bonds. The van der Waals surface area contributed by atoms with Crippen molar-refractivity contribution in [3.63, 3.8) is 0 Å². The normalized spacial score (nSPS) is 20.9. The second kappa shape index (κ2) is 6.42. The summed E-state index contributed by atoms with van der Waals surface area (Å²) in [7, 11) is 0. The summed E-state index contributed by atoms with van der Waals surface area (Å²) in [5.74, 6) is 0.637. The van der Waals surface area contributed by atoms with Crippen LogP contribution in [0.2, 0.25) is 0 Å². The molecule has 0 spiro atoms. The van der Waals surface area contributed by atoms with E-state index in [9.17, 15) is 9.18 Å². The highest BCUT2D eigenvalue weighted by Gasteiger charge is 2.30. The number of nitrogens with zero attached hydrogens (tertiary/aromatic N) is 1. The predicted octanol–water partition coefficient (Wildman–Crippen LogP) is 4.67. The van der Waals surface area contributed by atoms with Crippen molar-refractivity contribution in [2.24, 2.45) is 10.9 Å². The molecule has 2 aliphatic rings. The van der Waals surface area contributed by atoms with Gasteiger partial charge in [-0.15, -0.1) is 0 Å². The van der Waals surface area contributed by atoms with Crippen LogP contribution in [0.25, 0.3) is 0 Å². The molecule has 0 saturated heterocycles. The average Bonchev–Trinajstić information content (AvgIpc) is 2.76. The Labute approximate surface area is 136 Å². The summed E-state index contributed by atoms with van der Waals surface area (Å²) in [4.78, 5) is 17.3. The molecular weight excluding hydrogens is 293 g/mol. The van der Waals surface area contributed by atoms with E-state index in [0.29, 0.717) is 17.0 Å². The summed E-state index contributed by atoms with van der Waals surface area (Å²) < 4.78 is 19.4. The number of halogens is 1. The molecule has 0 atom stereocenters. The Morgan fingerprint density at radius 3 is 2.65 bits per heavy atom. The highest BCUT2D eigenvalue weighted by Crippen LogP contribution is 2.33. The van der Waals surface area contributed by atoms with Crippen molar-refractivity contribution in [3.8, 4) is 5.75 Å². The van der Waals surface area contributed by atoms with Crippen LogP contribution in [0.3, 0.4) is 0 Å². The molecule has 0 unspecified atom stereocenters. The molecule has 3 rings (SSSR count). The summed E-state index contributed by atoms with van der Waals surface area (Å²) in [6.07, 6.45) is 6.92. The third kappa shape index (κ3) is 3.80. The van der Waals surface area contributed by atoms with Gasteiger partial charge in [0, 0.05) is 17.9 Å². The van der Waals surface area contributed by atoms with Gasteiger partial charge in [-0.25, -0.2) is 9.38 Å². The van der Waals surface area contributed by atoms with Crippen LogP contribution in [0.5, 0.6) is 5.75 Å². The first-order chi connectivity index (χ1) is 10.9. The Bertz CT molecular complexity index is 628. The minimum atomic E-state index is -0.718. The van der Waals surface area contributed by atoms with Gasteiger partial charge >= 0.3 is 0 Å². The zero-order chi connectivity index (χ0) is 16.4. The first-order valence-corrected chi connectivity index (χ1v) is 8.55. The molecule has 0 aromatic heterocycles. The van der Waals surface area contributed by atoms with Gasteiger partial charge in [-0.1, -0.05) is 25.7 Å². The zero-order valence-corrected chi connectivity index (χ0v) is 13.9. The van der Waals surface area contributed by atoms with E-state index < -0.39 is 5.72 Å². The fourth-order valence-corrected chi connectivity index (χ4v) is 3.54. The third-order valence-corrected chi connectivity index (χ3v) is 4.67. The van der Waals surface area contributed by atoms with Crippen molar-refractivity contribution in [1.29, 1.82) is 0 Å². The molecular formula is C19H24FNO2. The summed E-state index contributed by atoms with van der Waals surface area (Å²) in [6, 6.07) is 4.42. The zero-order valence-electron chi connectivity index (χ0n) is 13.9. The average molecular weight is 317 g/mol. The van der Waals surface area contributed by atoms with Crippen molar-refractivity contribution < 1.29 is 13.9 Å². The number of rotatable bonds is 3. The van der Waals surface area contributed by atoms with Crippen LogP contribution in [0.4, 0.5) is 4.39 Å². The molecule has 3 nitrogen and oxygen atoms in total. The third-order valence-electron chi connectivity index (χ3n) is 4.67. The molecule has 4 heteroatoms. The van der Waals surface area contributed by atoms with Crippen LogP contribution in [-0.2, 0) is 4.79 Å². The number of hydrogen-bond acceptors (Lipinski definition) is 3. The quantitative estimate of drug-likeness (QED) is 0.760. The van der Waals surface area contributed by atoms with Crippen molar-refractivity contribution in [3.05, 3.63) is 29.6 Å². The molecule has 1 aromatic carbocycles. The summed E-state index contributed by atoms with van der Waals surface area (Å²) >= 11 is 0. The standard InChI is InChI=1S/C19H24FNO2/c1-19(2)21-16(15-11-14(20)9-10-18(15)23-19)12-17(22)13-7-5-3-4-6-8-13/h9-11,13H,3-8,12H2,1-2H3. The number of fused-ring (bicyclic) bond motifs is 1. The molecule has 1 saturated carbocycles. The van der Waals surface area contributed by atoms with Crippen molar-refractivity contribution in [2.45, 2.75) is 64.5 Å². The molecule has 1 aliphatic carbocycles. The molecule has 23 heavy (non-hydrogen) atoms. The van der Waals surface area contributed by atoms with E-state index in [4.69, 9.17) is 4.74 Å². The predicted molar refractivity (Wildman–Crippen MR) is 88.5 cm³/mol. The van der Waals surface area contributed by atoms with E-state index in [-0.39, 0.29) is 23.9 Å². The largest absolute Gasteiger partial charge is 0.466 e. The minimum absolute atomic E-state index is 0.128. The maximum absolute atomic E-state index is 13.6. The highest BCUT2D eigenvalue weighted by molar-refractivity contribution is 6.13. The monoisotopic (exact) mass is 317 g/mol. The first kappa shape index (κ1) is 16.2. The number of hydrogen-bond donors (Lipinski definition) is 0. The van der Waals surface area contributed by atoms with Crippen LogP contribution < -0.4 is 4.74 Å². The second-order valence-corrected chi connectivity index (χ2v) is 7.08. The van der Waals surface area contributed by atoms with Gasteiger partial charge in [-0.2, -0.15) is 0 Å². The number of aliphatic imine (C=N–C) groups is 1. The second-order valence-electron chi connectivity index (χ2n) is 7.08. The summed E-state index contributed by atoms with van der Waals surface area (Å²) in [6.45, 7) is 3.71. The number of carbonyl (C=O) groups is 1. The van der Waals surface area contributed by atoms with Gasteiger partial charge in [-0.3, -0.25) is 4.79 Å². The van der Waals surface area contributed by atoms with Crippen molar-refractivity contribution in [2.75, 3.05) is 0 Å². The van der Waals surface area contributed by atoms with Gasteiger partial charge in [0.1, 0.15) is 17.3 Å². The SMILES string of the molecule is CC1(C)N=C(CC(=O)C2CCCCCC2)c2cc(F)ccc2O1. The van der Waals surface area contributed by atoms with E-state index in [2.05, 4.69) is 4.99 Å². The molecule has 124 valence electrons. The molecule has 0 radical (unpaired) electrons. The Balaban J connectivity index is 1.84. The van der Waals surface area contributed by atoms with E-state index in [0.717, 1.165) is 25.7 Å². The first-order valence-electron chi connectivity index (χ1n) is 8.55. The maximum Gasteiger partial charge on any atom is 0.194 e. The lowest BCUT2D eigenvalue weighted by Crippen LogP contribution is -2.33. The van der Waals surface area contributed by atoms with E-state index in [1.165, 1.54) is 25.0 Å². The highest BCUT2D eigenvalue weighted by atomic mass is 19.1. The maximum atomic E-state index is 13.6. The Kier molecular flexibility index (Phi) is 4.51. The van der Waals surface area contributed by atoms with Crippen LogP contribution in [0.1, 0.15) is 64.4 Å². The minimum Gasteiger partial charge on any atom is -0.466 e. The van der Waals surface area contributed by atoms with Crippen LogP contribution >= 0.6 is 0 Å². The van der Waals surface area contributed by atoms with Gasteiger partial charge < -0.3 is 4.74 Å². The lowest BCUT2D eigenvalue weighted by Gasteiger charge is -2.30. The van der Waals surface area contributed by atoms with Gasteiger partial charge in [0.15, 0.2) is 5.72 Å². The number of Topliss-reactive ketones (excluding diaryl/α,β-unsaturated/α-hetero) is 1. The van der Waals surface area contributed by atoms with Gasteiger partial charge in [0.05, 0.1) is 5.71 Å². The van der Waals surface area contributed by atoms with E-state index in [1.807, 2.05) is 13.8 Å². The Morgan fingerprint density at radius 1 is 1.26 bits per heavy atom. The van der Waals surface area contributed by atoms with Crippen LogP contribution in [0.15, 0.2) is 23.2 Å². The van der Waals surface area contributed by atoms with E-state index in [1.54, 1.807) is 6.07 Å². The number of carbonyl (C=O) groups excluding carboxylic acids is 1. The van der Waals surface area contributed by atoms with Crippen molar-refractivity contribution >= 4 is 11.5 Å². The fraction of sp³-hybridized carbons (Fsp3) is 0.579. The molecule has 1 heterocycles. The topological polar surface area (TPSA) is 38.7 Å². The van der Waals surface area contributed by atoms with Gasteiger partial charge in [0.2, 0.25) is 0 Å². The van der Waals surface area contributed by atoms with Crippen LogP contribution in [0, 0.1) is 11.7 Å². The van der Waals surface area contributed by atoms with Crippen molar-refractivity contribution in [1.82, 2.24) is 0 Å². The summed E-state index contributed by atoms with van der Waals surface area (Å²) in [5, 5.41) is 0. The molecule has 1 aliphatic heterocycles. The molecule has 1 fully saturated rings. The number of ketones is 1. The fourth-order valence-electron chi connectivity index (χ4n) is 3.54. The smallest absolute Gasteiger partial charge is 0.194 e. The lowest BCUT2D eigenvalue weighted by molar-refractivity contribution is -0.122. The lowest BCUT2D eigenvalue weighted by atomic mass is 9.90. The Morgan fingerprint density at radius 2 is 1.96 bits per heavy atom. The molecule has 1 aromatic rings. The number of ether oxygens (including phenoxy) is 1. The molecule has 0 N–H and O–H groups in total. The van der Waals surface area contributed by atoms with Gasteiger partial charge in [0.25, 0.3) is 0 Å². The van der Waals surface area contributed by atoms with Crippen LogP contribution in [-0.4, -0.2) is 17.2 Å². The number of benzene rings is 1. The summed E-state index contributed by atoms with van der Waals surface area (Å²) in [5.41, 5.74) is 0.556. The van der Waals surface area contributed by atoms with E-state index >= 15 is 0 Å².